The van der Waals surface area contributed by atoms with Gasteiger partial charge in [0, 0.05) is 35.8 Å². The number of benzene rings is 1. The number of nitrogens with one attached hydrogen (secondary N) is 1. The number of fused-ring (bicyclic) bond motifs is 1. The molecule has 0 unspecified atom stereocenters. The van der Waals surface area contributed by atoms with Crippen molar-refractivity contribution >= 4 is 45.9 Å². The van der Waals surface area contributed by atoms with E-state index in [4.69, 9.17) is 5.11 Å². The molecule has 3 heterocycles. The zero-order chi connectivity index (χ0) is 19.7. The van der Waals surface area contributed by atoms with E-state index in [2.05, 4.69) is 15.4 Å². The summed E-state index contributed by atoms with van der Waals surface area (Å²) in [6.07, 6.45) is 1.13. The van der Waals surface area contributed by atoms with Crippen molar-refractivity contribution in [2.45, 2.75) is 12.8 Å². The number of rotatable bonds is 4. The van der Waals surface area contributed by atoms with E-state index in [1.165, 1.54) is 16.7 Å². The molecule has 0 atom stereocenters. The third kappa shape index (κ3) is 3.46. The predicted molar refractivity (Wildman–Crippen MR) is 103 cm³/mol. The largest absolute Gasteiger partial charge is 0.594 e. The topological polar surface area (TPSA) is 122 Å². The Morgan fingerprint density at radius 3 is 2.75 bits per heavy atom. The van der Waals surface area contributed by atoms with Crippen molar-refractivity contribution in [1.29, 1.82) is 0 Å². The number of para-hydroxylation sites is 2. The van der Waals surface area contributed by atoms with E-state index in [-0.39, 0.29) is 17.4 Å². The van der Waals surface area contributed by atoms with Gasteiger partial charge in [-0.15, -0.1) is 11.3 Å². The SMILES string of the molecule is O=C(O)c1cscc1NC(=O)C1CCN(c2nc3ccccc3[n+]([O-])n2)CC1. The molecule has 1 aliphatic rings. The highest BCUT2D eigenvalue weighted by molar-refractivity contribution is 7.08. The molecule has 0 spiro atoms. The fraction of sp³-hybridized carbons (Fsp3) is 0.278. The minimum absolute atomic E-state index is 0.0975. The van der Waals surface area contributed by atoms with Crippen LogP contribution in [-0.2, 0) is 4.79 Å². The first kappa shape index (κ1) is 18.1. The number of amides is 1. The quantitative estimate of drug-likeness (QED) is 0.507. The third-order valence-electron chi connectivity index (χ3n) is 4.79. The molecule has 2 N–H and O–H groups in total. The van der Waals surface area contributed by atoms with Gasteiger partial charge in [0.25, 0.3) is 11.5 Å². The Labute approximate surface area is 163 Å². The first-order chi connectivity index (χ1) is 13.5. The first-order valence-corrected chi connectivity index (χ1v) is 9.69. The second-order valence-electron chi connectivity index (χ2n) is 6.53. The van der Waals surface area contributed by atoms with Crippen molar-refractivity contribution in [3.05, 3.63) is 45.8 Å². The number of thiophene rings is 1. The number of carbonyl (C=O) groups is 2. The van der Waals surface area contributed by atoms with Crippen molar-refractivity contribution in [3.8, 4) is 0 Å². The lowest BCUT2D eigenvalue weighted by Crippen LogP contribution is -2.42. The molecular formula is C18H17N5O4S. The van der Waals surface area contributed by atoms with E-state index in [1.54, 1.807) is 23.6 Å². The number of hydrogen-bond acceptors (Lipinski definition) is 7. The third-order valence-corrected chi connectivity index (χ3v) is 5.53. The number of aromatic carboxylic acids is 1. The second kappa shape index (κ2) is 7.39. The maximum atomic E-state index is 12.5. The van der Waals surface area contributed by atoms with Crippen LogP contribution in [0.1, 0.15) is 23.2 Å². The van der Waals surface area contributed by atoms with E-state index < -0.39 is 5.97 Å². The Morgan fingerprint density at radius 1 is 1.25 bits per heavy atom. The predicted octanol–water partition coefficient (Wildman–Crippen LogP) is 1.88. The second-order valence-corrected chi connectivity index (χ2v) is 7.27. The lowest BCUT2D eigenvalue weighted by Gasteiger charge is -2.30. The molecule has 4 rings (SSSR count). The molecule has 2 aromatic heterocycles. The molecule has 28 heavy (non-hydrogen) atoms. The minimum atomic E-state index is -1.06. The summed E-state index contributed by atoms with van der Waals surface area (Å²) >= 11 is 1.23. The molecular weight excluding hydrogens is 382 g/mol. The van der Waals surface area contributed by atoms with Crippen LogP contribution in [0, 0.1) is 11.1 Å². The normalized spacial score (nSPS) is 14.9. The number of nitrogens with zero attached hydrogens (tertiary/aromatic N) is 4. The molecule has 1 fully saturated rings. The van der Waals surface area contributed by atoms with E-state index in [9.17, 15) is 14.8 Å². The molecule has 0 radical (unpaired) electrons. The number of hydrogen-bond donors (Lipinski definition) is 2. The molecule has 9 nitrogen and oxygen atoms in total. The molecule has 0 aliphatic carbocycles. The number of carboxylic acid groups (broad SMARTS) is 1. The molecule has 1 aliphatic heterocycles. The van der Waals surface area contributed by atoms with Gasteiger partial charge in [-0.05, 0) is 23.8 Å². The lowest BCUT2D eigenvalue weighted by atomic mass is 9.96. The van der Waals surface area contributed by atoms with E-state index in [0.29, 0.717) is 53.4 Å². The summed E-state index contributed by atoms with van der Waals surface area (Å²) in [5, 5.41) is 31.1. The number of anilines is 2. The fourth-order valence-electron chi connectivity index (χ4n) is 3.26. The van der Waals surface area contributed by atoms with E-state index in [0.717, 1.165) is 0 Å². The van der Waals surface area contributed by atoms with Crippen LogP contribution in [0.5, 0.6) is 0 Å². The average Bonchev–Trinajstić information content (AvgIpc) is 3.16. The summed E-state index contributed by atoms with van der Waals surface area (Å²) in [5.41, 5.74) is 1.40. The summed E-state index contributed by atoms with van der Waals surface area (Å²) in [5.74, 6) is -1.15. The minimum Gasteiger partial charge on any atom is -0.594 e. The standard InChI is InChI=1S/C18H17N5O4S/c24-16(19-14-10-28-9-12(14)17(25)26)11-5-7-22(8-6-11)18-20-13-3-1-2-4-15(13)23(27)21-18/h1-4,9-11H,5-8H2,(H,19,24)(H,25,26). The van der Waals surface area contributed by atoms with Gasteiger partial charge in [-0.1, -0.05) is 12.1 Å². The van der Waals surface area contributed by atoms with Crippen LogP contribution in [0.2, 0.25) is 0 Å². The van der Waals surface area contributed by atoms with E-state index >= 15 is 0 Å². The van der Waals surface area contributed by atoms with Crippen molar-refractivity contribution in [2.24, 2.45) is 5.92 Å². The molecule has 0 saturated carbocycles. The molecule has 144 valence electrons. The van der Waals surface area contributed by atoms with Crippen LogP contribution in [0.3, 0.4) is 0 Å². The van der Waals surface area contributed by atoms with Crippen molar-refractivity contribution in [3.63, 3.8) is 0 Å². The van der Waals surface area contributed by atoms with Crippen molar-refractivity contribution in [2.75, 3.05) is 23.3 Å². The zero-order valence-corrected chi connectivity index (χ0v) is 15.6. The molecule has 1 saturated heterocycles. The van der Waals surface area contributed by atoms with Gasteiger partial charge in [-0.3, -0.25) is 4.79 Å². The van der Waals surface area contributed by atoms with Gasteiger partial charge < -0.3 is 20.5 Å². The Hall–Kier alpha value is -3.27. The van der Waals surface area contributed by atoms with Gasteiger partial charge in [0.05, 0.1) is 16.3 Å². The highest BCUT2D eigenvalue weighted by Gasteiger charge is 2.28. The van der Waals surface area contributed by atoms with E-state index in [1.807, 2.05) is 11.0 Å². The molecule has 10 heteroatoms. The first-order valence-electron chi connectivity index (χ1n) is 8.75. The van der Waals surface area contributed by atoms with Crippen LogP contribution < -0.4 is 15.1 Å². The van der Waals surface area contributed by atoms with Gasteiger partial charge in [-0.25, -0.2) is 9.78 Å². The van der Waals surface area contributed by atoms with Gasteiger partial charge in [-0.2, -0.15) is 0 Å². The summed E-state index contributed by atoms with van der Waals surface area (Å²) < 4.78 is 0. The number of piperidine rings is 1. The van der Waals surface area contributed by atoms with Gasteiger partial charge in [0.15, 0.2) is 0 Å². The Morgan fingerprint density at radius 2 is 2.00 bits per heavy atom. The summed E-state index contributed by atoms with van der Waals surface area (Å²) in [7, 11) is 0. The van der Waals surface area contributed by atoms with Crippen molar-refractivity contribution in [1.82, 2.24) is 10.1 Å². The summed E-state index contributed by atoms with van der Waals surface area (Å²) in [6.45, 7) is 1.07. The highest BCUT2D eigenvalue weighted by atomic mass is 32.1. The lowest BCUT2D eigenvalue weighted by molar-refractivity contribution is -0.641. The monoisotopic (exact) mass is 399 g/mol. The van der Waals surface area contributed by atoms with Gasteiger partial charge >= 0.3 is 5.97 Å². The van der Waals surface area contributed by atoms with Gasteiger partial charge in [0.2, 0.25) is 5.91 Å². The Kier molecular flexibility index (Phi) is 4.78. The zero-order valence-electron chi connectivity index (χ0n) is 14.7. The fourth-order valence-corrected chi connectivity index (χ4v) is 4.01. The summed E-state index contributed by atoms with van der Waals surface area (Å²) in [4.78, 5) is 30.6. The number of aromatic nitrogens is 3. The average molecular weight is 399 g/mol. The highest BCUT2D eigenvalue weighted by Crippen LogP contribution is 2.25. The van der Waals surface area contributed by atoms with Crippen LogP contribution in [-0.4, -0.2) is 40.2 Å². The van der Waals surface area contributed by atoms with Crippen molar-refractivity contribution < 1.29 is 19.5 Å². The maximum Gasteiger partial charge on any atom is 0.338 e. The van der Waals surface area contributed by atoms with Gasteiger partial charge in [0.1, 0.15) is 5.52 Å². The molecule has 1 aromatic carbocycles. The number of carbonyl (C=O) groups excluding carboxylic acids is 1. The Bertz CT molecular complexity index is 1050. The van der Waals surface area contributed by atoms with Crippen LogP contribution in [0.4, 0.5) is 11.6 Å². The summed E-state index contributed by atoms with van der Waals surface area (Å²) in [6, 6.07) is 6.99. The smallest absolute Gasteiger partial charge is 0.338 e. The van der Waals surface area contributed by atoms with Crippen LogP contribution in [0.15, 0.2) is 35.0 Å². The van der Waals surface area contributed by atoms with Crippen LogP contribution >= 0.6 is 11.3 Å². The molecule has 1 amide bonds. The Balaban J connectivity index is 1.42. The molecule has 0 bridgehead atoms. The van der Waals surface area contributed by atoms with Crippen LogP contribution in [0.25, 0.3) is 11.0 Å². The number of carboxylic acids is 1. The maximum absolute atomic E-state index is 12.5. The molecule has 3 aromatic rings.